The van der Waals surface area contributed by atoms with E-state index in [0.717, 1.165) is 11.3 Å². The molecule has 0 amide bonds. The zero-order chi connectivity index (χ0) is 17.1. The minimum atomic E-state index is -0.595. The lowest BCUT2D eigenvalue weighted by Crippen LogP contribution is -2.28. The third kappa shape index (κ3) is 2.08. The van der Waals surface area contributed by atoms with E-state index in [4.69, 9.17) is 9.47 Å². The second-order valence-electron chi connectivity index (χ2n) is 6.31. The largest absolute Gasteiger partial charge is 0.483 e. The predicted octanol–water partition coefficient (Wildman–Crippen LogP) is 3.31. The fraction of sp³-hybridized carbons (Fsp3) is 0.471. The average Bonchev–Trinajstić information content (AvgIpc) is 2.93. The molecule has 0 aromatic carbocycles. The van der Waals surface area contributed by atoms with Crippen molar-refractivity contribution in [3.63, 3.8) is 0 Å². The molecule has 1 unspecified atom stereocenters. The molecule has 2 heterocycles. The Bertz CT molecular complexity index is 781. The Morgan fingerprint density at radius 3 is 2.57 bits per heavy atom. The second-order valence-corrected chi connectivity index (χ2v) is 7.33. The number of hydrogen-bond acceptors (Lipinski definition) is 6. The molecule has 3 rings (SSSR count). The number of rotatable bonds is 2. The van der Waals surface area contributed by atoms with E-state index >= 15 is 0 Å². The van der Waals surface area contributed by atoms with Gasteiger partial charge in [0.1, 0.15) is 10.5 Å². The summed E-state index contributed by atoms with van der Waals surface area (Å²) in [6, 6.07) is 0. The Morgan fingerprint density at radius 1 is 1.30 bits per heavy atom. The Hall–Kier alpha value is -1.95. The number of hydrogen-bond donors (Lipinski definition) is 0. The summed E-state index contributed by atoms with van der Waals surface area (Å²) in [5.41, 5.74) is 0.604. The maximum Gasteiger partial charge on any atom is 0.348 e. The van der Waals surface area contributed by atoms with Crippen LogP contribution in [0.25, 0.3) is 0 Å². The fourth-order valence-electron chi connectivity index (χ4n) is 2.99. The number of allylic oxidation sites excluding steroid dienone is 1. The molecule has 5 nitrogen and oxygen atoms in total. The summed E-state index contributed by atoms with van der Waals surface area (Å²) in [7, 11) is 0. The van der Waals surface area contributed by atoms with E-state index in [1.807, 2.05) is 20.8 Å². The normalized spacial score (nSPS) is 21.9. The molecule has 1 aliphatic heterocycles. The van der Waals surface area contributed by atoms with Crippen LogP contribution < -0.4 is 0 Å². The lowest BCUT2D eigenvalue weighted by atomic mass is 9.82. The van der Waals surface area contributed by atoms with Gasteiger partial charge in [0.25, 0.3) is 0 Å². The lowest BCUT2D eigenvalue weighted by molar-refractivity contribution is 0.0290. The summed E-state index contributed by atoms with van der Waals surface area (Å²) in [5, 5.41) is 0. The number of thiophene rings is 1. The molecule has 0 N–H and O–H groups in total. The monoisotopic (exact) mass is 334 g/mol. The Balaban J connectivity index is 2.13. The minimum absolute atomic E-state index is 0.135. The Labute approximate surface area is 138 Å². The van der Waals surface area contributed by atoms with E-state index in [1.54, 1.807) is 13.8 Å². The van der Waals surface area contributed by atoms with Crippen LogP contribution in [-0.2, 0) is 9.47 Å². The highest BCUT2D eigenvalue weighted by atomic mass is 32.1. The first kappa shape index (κ1) is 15.9. The number of Topliss-reactive ketones (excluding diaryl/α,β-unsaturated/α-hetero) is 2. The Kier molecular flexibility index (Phi) is 3.48. The molecule has 0 bridgehead atoms. The van der Waals surface area contributed by atoms with E-state index in [0.29, 0.717) is 20.9 Å². The molecule has 0 fully saturated rings. The number of fused-ring (bicyclic) bond motifs is 1. The first-order valence-corrected chi connectivity index (χ1v) is 8.35. The highest BCUT2D eigenvalue weighted by Crippen LogP contribution is 2.47. The quantitative estimate of drug-likeness (QED) is 0.776. The van der Waals surface area contributed by atoms with Crippen LogP contribution >= 0.6 is 11.3 Å². The SMILES string of the molecule is CCOC(=O)c1sc2c(c1C)C(=O)C1=C(C2=O)C(C)C(C)(C)O1. The van der Waals surface area contributed by atoms with Crippen molar-refractivity contribution in [2.75, 3.05) is 6.61 Å². The van der Waals surface area contributed by atoms with Gasteiger partial charge in [-0.25, -0.2) is 4.79 Å². The molecule has 1 aromatic rings. The molecule has 122 valence electrons. The molecule has 1 atom stereocenters. The van der Waals surface area contributed by atoms with Crippen molar-refractivity contribution in [2.24, 2.45) is 5.92 Å². The molecule has 0 spiro atoms. The molecule has 23 heavy (non-hydrogen) atoms. The molecule has 1 aromatic heterocycles. The third-order valence-electron chi connectivity index (χ3n) is 4.58. The summed E-state index contributed by atoms with van der Waals surface area (Å²) in [6.07, 6.45) is 0. The second kappa shape index (κ2) is 5.03. The van der Waals surface area contributed by atoms with Gasteiger partial charge in [-0.2, -0.15) is 0 Å². The van der Waals surface area contributed by atoms with Crippen LogP contribution in [0.4, 0.5) is 0 Å². The van der Waals surface area contributed by atoms with E-state index in [-0.39, 0.29) is 35.4 Å². The van der Waals surface area contributed by atoms with E-state index in [1.165, 1.54) is 0 Å². The molecule has 0 saturated carbocycles. The third-order valence-corrected chi connectivity index (χ3v) is 5.85. The smallest absolute Gasteiger partial charge is 0.348 e. The summed E-state index contributed by atoms with van der Waals surface area (Å²) in [4.78, 5) is 38.3. The number of ether oxygens (including phenoxy) is 2. The number of esters is 1. The maximum atomic E-state index is 12.9. The van der Waals surface area contributed by atoms with Crippen LogP contribution in [0.2, 0.25) is 0 Å². The van der Waals surface area contributed by atoms with Crippen LogP contribution in [0.1, 0.15) is 63.0 Å². The van der Waals surface area contributed by atoms with Crippen molar-refractivity contribution >= 4 is 28.9 Å². The number of carbonyl (C=O) groups excluding carboxylic acids is 3. The van der Waals surface area contributed by atoms with Crippen LogP contribution in [0.3, 0.4) is 0 Å². The highest BCUT2D eigenvalue weighted by molar-refractivity contribution is 7.16. The molecule has 0 radical (unpaired) electrons. The number of ketones is 2. The fourth-order valence-corrected chi connectivity index (χ4v) is 4.15. The zero-order valence-electron chi connectivity index (χ0n) is 13.7. The van der Waals surface area contributed by atoms with Gasteiger partial charge in [-0.3, -0.25) is 9.59 Å². The number of carbonyl (C=O) groups is 3. The molecular formula is C17H18O5S. The van der Waals surface area contributed by atoms with Gasteiger partial charge in [0, 0.05) is 5.92 Å². The van der Waals surface area contributed by atoms with E-state index < -0.39 is 11.6 Å². The summed E-state index contributed by atoms with van der Waals surface area (Å²) in [6.45, 7) is 9.23. The molecule has 6 heteroatoms. The minimum Gasteiger partial charge on any atom is -0.483 e. The first-order chi connectivity index (χ1) is 10.7. The maximum absolute atomic E-state index is 12.9. The van der Waals surface area contributed by atoms with Gasteiger partial charge >= 0.3 is 5.97 Å². The lowest BCUT2D eigenvalue weighted by Gasteiger charge is -2.24. The van der Waals surface area contributed by atoms with Gasteiger partial charge in [0.05, 0.1) is 22.6 Å². The van der Waals surface area contributed by atoms with Crippen molar-refractivity contribution < 1.29 is 23.9 Å². The zero-order valence-corrected chi connectivity index (χ0v) is 14.6. The van der Waals surface area contributed by atoms with E-state index in [2.05, 4.69) is 0 Å². The van der Waals surface area contributed by atoms with Gasteiger partial charge < -0.3 is 9.47 Å². The topological polar surface area (TPSA) is 69.7 Å². The van der Waals surface area contributed by atoms with Crippen molar-refractivity contribution in [2.45, 2.75) is 40.2 Å². The molecule has 0 saturated heterocycles. The van der Waals surface area contributed by atoms with Gasteiger partial charge in [-0.15, -0.1) is 11.3 Å². The van der Waals surface area contributed by atoms with Crippen molar-refractivity contribution in [3.05, 3.63) is 32.2 Å². The van der Waals surface area contributed by atoms with Crippen molar-refractivity contribution in [1.82, 2.24) is 0 Å². The van der Waals surface area contributed by atoms with Gasteiger partial charge in [0.15, 0.2) is 5.76 Å². The highest BCUT2D eigenvalue weighted by Gasteiger charge is 2.50. The summed E-state index contributed by atoms with van der Waals surface area (Å²) < 4.78 is 10.8. The standard InChI is InChI=1S/C17H18O5S/c1-6-21-16(20)14-7(2)9-11(18)13-10(12(19)15(9)23-14)8(3)17(4,5)22-13/h8H,6H2,1-5H3. The predicted molar refractivity (Wildman–Crippen MR) is 85.0 cm³/mol. The van der Waals surface area contributed by atoms with Crippen molar-refractivity contribution in [1.29, 1.82) is 0 Å². The Morgan fingerprint density at radius 2 is 1.96 bits per heavy atom. The van der Waals surface area contributed by atoms with Crippen LogP contribution in [0, 0.1) is 12.8 Å². The van der Waals surface area contributed by atoms with Crippen LogP contribution in [0.5, 0.6) is 0 Å². The van der Waals surface area contributed by atoms with E-state index in [9.17, 15) is 14.4 Å². The average molecular weight is 334 g/mol. The van der Waals surface area contributed by atoms with Gasteiger partial charge in [-0.1, -0.05) is 6.92 Å². The molecule has 1 aliphatic carbocycles. The van der Waals surface area contributed by atoms with Gasteiger partial charge in [0.2, 0.25) is 11.6 Å². The molecule has 2 aliphatic rings. The summed E-state index contributed by atoms with van der Waals surface area (Å²) in [5.74, 6) is -1.07. The van der Waals surface area contributed by atoms with Crippen molar-refractivity contribution in [3.8, 4) is 0 Å². The van der Waals surface area contributed by atoms with Crippen LogP contribution in [0.15, 0.2) is 11.3 Å². The first-order valence-electron chi connectivity index (χ1n) is 7.53. The molecular weight excluding hydrogens is 316 g/mol. The summed E-state index contributed by atoms with van der Waals surface area (Å²) >= 11 is 1.04. The van der Waals surface area contributed by atoms with Gasteiger partial charge in [-0.05, 0) is 33.3 Å². The van der Waals surface area contributed by atoms with Crippen LogP contribution in [-0.4, -0.2) is 29.7 Å².